The molecule has 5 nitrogen and oxygen atoms in total. The minimum absolute atomic E-state index is 0.0219. The Bertz CT molecular complexity index is 879. The first-order chi connectivity index (χ1) is 14.0. The Labute approximate surface area is 181 Å². The largest absolute Gasteiger partial charge is 0.374 e. The summed E-state index contributed by atoms with van der Waals surface area (Å²) in [7, 11) is 4.33. The smallest absolute Gasteiger partial charge is 0.251 e. The maximum Gasteiger partial charge on any atom is 0.251 e. The highest BCUT2D eigenvalue weighted by molar-refractivity contribution is 9.10. The van der Waals surface area contributed by atoms with Crippen LogP contribution in [0.1, 0.15) is 27.5 Å². The Morgan fingerprint density at radius 2 is 1.86 bits per heavy atom. The van der Waals surface area contributed by atoms with Crippen molar-refractivity contribution in [1.82, 2.24) is 15.1 Å². The third kappa shape index (κ3) is 4.65. The van der Waals surface area contributed by atoms with E-state index >= 15 is 0 Å². The number of hydrogen-bond acceptors (Lipinski definition) is 4. The summed E-state index contributed by atoms with van der Waals surface area (Å²) in [6.45, 7) is 5.85. The Kier molecular flexibility index (Phi) is 6.23. The molecule has 4 rings (SSSR count). The van der Waals surface area contributed by atoms with Gasteiger partial charge >= 0.3 is 0 Å². The number of likely N-dealkylation sites (N-methyl/N-ethyl adjacent to an activating group) is 2. The number of fused-ring (bicyclic) bond motifs is 1. The molecule has 29 heavy (non-hydrogen) atoms. The van der Waals surface area contributed by atoms with Gasteiger partial charge in [-0.3, -0.25) is 9.69 Å². The molecule has 1 fully saturated rings. The monoisotopic (exact) mass is 456 g/mol. The van der Waals surface area contributed by atoms with E-state index in [0.29, 0.717) is 12.1 Å². The second kappa shape index (κ2) is 8.86. The van der Waals surface area contributed by atoms with Crippen LogP contribution in [0.2, 0.25) is 0 Å². The normalized spacial score (nSPS) is 18.5. The van der Waals surface area contributed by atoms with Crippen LogP contribution in [0, 0.1) is 0 Å². The summed E-state index contributed by atoms with van der Waals surface area (Å²) in [6.07, 6.45) is 1.10. The van der Waals surface area contributed by atoms with Gasteiger partial charge in [-0.2, -0.15) is 0 Å². The fourth-order valence-electron chi connectivity index (χ4n) is 4.31. The fourth-order valence-corrected chi connectivity index (χ4v) is 4.71. The summed E-state index contributed by atoms with van der Waals surface area (Å²) in [5.74, 6) is -0.0219. The van der Waals surface area contributed by atoms with Crippen molar-refractivity contribution in [2.24, 2.45) is 0 Å². The van der Waals surface area contributed by atoms with Gasteiger partial charge in [0, 0.05) is 62.0 Å². The highest BCUT2D eigenvalue weighted by atomic mass is 79.9. The van der Waals surface area contributed by atoms with Gasteiger partial charge in [0.1, 0.15) is 0 Å². The topological polar surface area (TPSA) is 38.8 Å². The van der Waals surface area contributed by atoms with Crippen LogP contribution in [-0.4, -0.2) is 69.1 Å². The average Bonchev–Trinajstić information content (AvgIpc) is 3.09. The molecule has 2 heterocycles. The van der Waals surface area contributed by atoms with Crippen molar-refractivity contribution >= 4 is 27.5 Å². The molecule has 1 saturated heterocycles. The lowest BCUT2D eigenvalue weighted by Gasteiger charge is -2.38. The van der Waals surface area contributed by atoms with Crippen molar-refractivity contribution in [1.29, 1.82) is 0 Å². The minimum atomic E-state index is -0.0219. The van der Waals surface area contributed by atoms with Gasteiger partial charge in [-0.1, -0.05) is 34.1 Å². The molecule has 0 aliphatic carbocycles. The second-order valence-electron chi connectivity index (χ2n) is 8.14. The van der Waals surface area contributed by atoms with Gasteiger partial charge in [0.25, 0.3) is 5.91 Å². The van der Waals surface area contributed by atoms with Gasteiger partial charge in [-0.25, -0.2) is 0 Å². The standard InChI is InChI=1S/C23H29BrN4O/c1-26-10-12-28(13-11-26)22(16-25-23(29)19-4-3-5-20(24)15-19)17-6-7-21-18(14-17)8-9-27(21)2/h3-7,14-15,22H,8-13,16H2,1-2H3,(H,25,29)/t22-/m1/s1. The number of carbonyl (C=O) groups excluding carboxylic acids is 1. The molecule has 1 amide bonds. The Morgan fingerprint density at radius 1 is 1.07 bits per heavy atom. The third-order valence-electron chi connectivity index (χ3n) is 6.14. The van der Waals surface area contributed by atoms with E-state index in [1.165, 1.54) is 16.8 Å². The summed E-state index contributed by atoms with van der Waals surface area (Å²) in [6, 6.07) is 14.6. The third-order valence-corrected chi connectivity index (χ3v) is 6.63. The molecule has 0 unspecified atom stereocenters. The zero-order valence-corrected chi connectivity index (χ0v) is 18.8. The Balaban J connectivity index is 1.53. The Morgan fingerprint density at radius 3 is 2.62 bits per heavy atom. The maximum atomic E-state index is 12.7. The van der Waals surface area contributed by atoms with Crippen molar-refractivity contribution in [3.05, 3.63) is 63.6 Å². The van der Waals surface area contributed by atoms with Crippen molar-refractivity contribution in [2.75, 3.05) is 58.3 Å². The lowest BCUT2D eigenvalue weighted by Crippen LogP contribution is -2.48. The average molecular weight is 457 g/mol. The lowest BCUT2D eigenvalue weighted by molar-refractivity contribution is 0.0886. The highest BCUT2D eigenvalue weighted by Crippen LogP contribution is 2.31. The van der Waals surface area contributed by atoms with Gasteiger partial charge in [0.15, 0.2) is 0 Å². The molecule has 6 heteroatoms. The van der Waals surface area contributed by atoms with Crippen LogP contribution < -0.4 is 10.2 Å². The van der Waals surface area contributed by atoms with E-state index in [4.69, 9.17) is 0 Å². The number of carbonyl (C=O) groups is 1. The van der Waals surface area contributed by atoms with Crippen LogP contribution in [0.15, 0.2) is 46.9 Å². The van der Waals surface area contributed by atoms with Crippen molar-refractivity contribution < 1.29 is 4.79 Å². The molecule has 1 atom stereocenters. The second-order valence-corrected chi connectivity index (χ2v) is 9.05. The summed E-state index contributed by atoms with van der Waals surface area (Å²) in [5, 5.41) is 3.18. The predicted molar refractivity (Wildman–Crippen MR) is 122 cm³/mol. The molecule has 1 N–H and O–H groups in total. The van der Waals surface area contributed by atoms with E-state index in [1.807, 2.05) is 24.3 Å². The molecular weight excluding hydrogens is 428 g/mol. The van der Waals surface area contributed by atoms with E-state index in [9.17, 15) is 4.79 Å². The van der Waals surface area contributed by atoms with Crippen LogP contribution in [0.5, 0.6) is 0 Å². The number of nitrogens with one attached hydrogen (secondary N) is 1. The molecule has 2 aromatic carbocycles. The molecule has 0 radical (unpaired) electrons. The Hall–Kier alpha value is -1.89. The van der Waals surface area contributed by atoms with E-state index in [0.717, 1.165) is 43.6 Å². The predicted octanol–water partition coefficient (Wildman–Crippen LogP) is 3.16. The van der Waals surface area contributed by atoms with Crippen LogP contribution in [-0.2, 0) is 6.42 Å². The lowest BCUT2D eigenvalue weighted by atomic mass is 10.00. The fraction of sp³-hybridized carbons (Fsp3) is 0.435. The van der Waals surface area contributed by atoms with E-state index < -0.39 is 0 Å². The number of nitrogens with zero attached hydrogens (tertiary/aromatic N) is 3. The van der Waals surface area contributed by atoms with E-state index in [1.54, 1.807) is 0 Å². The zero-order chi connectivity index (χ0) is 20.4. The van der Waals surface area contributed by atoms with Crippen LogP contribution in [0.3, 0.4) is 0 Å². The first-order valence-corrected chi connectivity index (χ1v) is 11.1. The molecule has 2 aliphatic rings. The van der Waals surface area contributed by atoms with E-state index in [-0.39, 0.29) is 11.9 Å². The first-order valence-electron chi connectivity index (χ1n) is 10.3. The molecule has 0 spiro atoms. The van der Waals surface area contributed by atoms with E-state index in [2.05, 4.69) is 68.2 Å². The van der Waals surface area contributed by atoms with Gasteiger partial charge in [0.2, 0.25) is 0 Å². The van der Waals surface area contributed by atoms with Crippen molar-refractivity contribution in [2.45, 2.75) is 12.5 Å². The molecule has 0 bridgehead atoms. The SMILES string of the molecule is CN1CCN([C@H](CNC(=O)c2cccc(Br)c2)c2ccc3c(c2)CCN3C)CC1. The number of benzene rings is 2. The number of rotatable bonds is 5. The number of hydrogen-bond donors (Lipinski definition) is 1. The van der Waals surface area contributed by atoms with Crippen LogP contribution >= 0.6 is 15.9 Å². The molecule has 154 valence electrons. The number of anilines is 1. The summed E-state index contributed by atoms with van der Waals surface area (Å²) in [4.78, 5) is 19.9. The van der Waals surface area contributed by atoms with Gasteiger partial charge < -0.3 is 15.1 Å². The number of piperazine rings is 1. The first kappa shape index (κ1) is 20.4. The van der Waals surface area contributed by atoms with Gasteiger partial charge in [-0.05, 0) is 48.9 Å². The summed E-state index contributed by atoms with van der Waals surface area (Å²) in [5.41, 5.74) is 4.75. The molecule has 2 aromatic rings. The van der Waals surface area contributed by atoms with Crippen molar-refractivity contribution in [3.63, 3.8) is 0 Å². The quantitative estimate of drug-likeness (QED) is 0.749. The molecular formula is C23H29BrN4O. The molecule has 0 aromatic heterocycles. The maximum absolute atomic E-state index is 12.7. The number of amides is 1. The van der Waals surface area contributed by atoms with Gasteiger partial charge in [-0.15, -0.1) is 0 Å². The zero-order valence-electron chi connectivity index (χ0n) is 17.2. The molecule has 0 saturated carbocycles. The minimum Gasteiger partial charge on any atom is -0.374 e. The van der Waals surface area contributed by atoms with Crippen LogP contribution in [0.4, 0.5) is 5.69 Å². The highest BCUT2D eigenvalue weighted by Gasteiger charge is 2.26. The van der Waals surface area contributed by atoms with Gasteiger partial charge in [0.05, 0.1) is 6.04 Å². The number of halogens is 1. The summed E-state index contributed by atoms with van der Waals surface area (Å²) < 4.78 is 0.920. The van der Waals surface area contributed by atoms with Crippen LogP contribution in [0.25, 0.3) is 0 Å². The molecule has 2 aliphatic heterocycles. The summed E-state index contributed by atoms with van der Waals surface area (Å²) >= 11 is 3.45. The van der Waals surface area contributed by atoms with Crippen molar-refractivity contribution in [3.8, 4) is 0 Å².